The number of hydrogen-bond acceptors (Lipinski definition) is 3. The van der Waals surface area contributed by atoms with E-state index < -0.39 is 0 Å². The summed E-state index contributed by atoms with van der Waals surface area (Å²) in [5, 5.41) is 18.7. The zero-order chi connectivity index (χ0) is 12.3. The first-order valence-corrected chi connectivity index (χ1v) is 5.95. The number of nitrogens with zero attached hydrogens (tertiary/aromatic N) is 1. The molecule has 0 aliphatic heterocycles. The van der Waals surface area contributed by atoms with Crippen LogP contribution in [0.15, 0.2) is 22.7 Å². The van der Waals surface area contributed by atoms with Crippen molar-refractivity contribution in [3.63, 3.8) is 0 Å². The second-order valence-corrected chi connectivity index (χ2v) is 5.46. The molecule has 0 radical (unpaired) electrons. The average molecular weight is 288 g/mol. The van der Waals surface area contributed by atoms with Gasteiger partial charge in [0.15, 0.2) is 0 Å². The van der Waals surface area contributed by atoms with Crippen LogP contribution in [0, 0.1) is 0 Å². The van der Waals surface area contributed by atoms with Gasteiger partial charge in [-0.15, -0.1) is 0 Å². The Labute approximate surface area is 105 Å². The average Bonchev–Trinajstić information content (AvgIpc) is 2.23. The van der Waals surface area contributed by atoms with E-state index in [0.29, 0.717) is 6.54 Å². The Kier molecular flexibility index (Phi) is 4.35. The van der Waals surface area contributed by atoms with Gasteiger partial charge in [-0.2, -0.15) is 0 Å². The number of hydrogen-bond donors (Lipinski definition) is 2. The lowest BCUT2D eigenvalue weighted by atomic mass is 10.0. The Bertz CT molecular complexity index is 366. The molecule has 4 heteroatoms. The number of likely N-dealkylation sites (N-methyl/N-ethyl adjacent to an activating group) is 1. The molecule has 90 valence electrons. The molecule has 1 aromatic carbocycles. The van der Waals surface area contributed by atoms with E-state index in [1.165, 1.54) is 0 Å². The first-order valence-electron chi connectivity index (χ1n) is 5.16. The minimum atomic E-state index is -0.273. The summed E-state index contributed by atoms with van der Waals surface area (Å²) in [5.74, 6) is 0.258. The number of aromatic hydroxyl groups is 1. The number of aliphatic hydroxyl groups excluding tert-OH is 1. The van der Waals surface area contributed by atoms with Crippen LogP contribution < -0.4 is 0 Å². The number of halogens is 1. The van der Waals surface area contributed by atoms with Crippen molar-refractivity contribution < 1.29 is 10.2 Å². The maximum Gasteiger partial charge on any atom is 0.115 e. The van der Waals surface area contributed by atoms with E-state index in [2.05, 4.69) is 15.9 Å². The second kappa shape index (κ2) is 5.17. The lowest BCUT2D eigenvalue weighted by Gasteiger charge is -2.34. The van der Waals surface area contributed by atoms with Crippen molar-refractivity contribution in [2.24, 2.45) is 0 Å². The first-order chi connectivity index (χ1) is 7.36. The van der Waals surface area contributed by atoms with Crippen molar-refractivity contribution in [2.75, 3.05) is 13.7 Å². The monoisotopic (exact) mass is 287 g/mol. The van der Waals surface area contributed by atoms with E-state index in [-0.39, 0.29) is 17.9 Å². The zero-order valence-electron chi connectivity index (χ0n) is 9.87. The third-order valence-corrected chi connectivity index (χ3v) is 3.63. The maximum atomic E-state index is 9.42. The van der Waals surface area contributed by atoms with Crippen LogP contribution in [0.1, 0.15) is 19.4 Å². The molecule has 0 atom stereocenters. The van der Waals surface area contributed by atoms with Crippen molar-refractivity contribution in [1.82, 2.24) is 4.90 Å². The molecule has 1 aromatic rings. The van der Waals surface area contributed by atoms with Crippen LogP contribution in [0.2, 0.25) is 0 Å². The maximum absolute atomic E-state index is 9.42. The Hall–Kier alpha value is -0.580. The first kappa shape index (κ1) is 13.5. The van der Waals surface area contributed by atoms with Gasteiger partial charge in [0.1, 0.15) is 5.75 Å². The molecule has 0 saturated heterocycles. The molecule has 16 heavy (non-hydrogen) atoms. The van der Waals surface area contributed by atoms with Gasteiger partial charge in [-0.3, -0.25) is 4.90 Å². The molecule has 0 fully saturated rings. The molecule has 0 aliphatic rings. The predicted octanol–water partition coefficient (Wildman–Crippen LogP) is 2.36. The summed E-state index contributed by atoms with van der Waals surface area (Å²) in [6.45, 7) is 4.72. The van der Waals surface area contributed by atoms with Gasteiger partial charge in [0.2, 0.25) is 0 Å². The van der Waals surface area contributed by atoms with Crippen LogP contribution in [-0.4, -0.2) is 34.3 Å². The highest BCUT2D eigenvalue weighted by Gasteiger charge is 2.22. The molecule has 0 amide bonds. The van der Waals surface area contributed by atoms with Gasteiger partial charge in [0, 0.05) is 16.6 Å². The molecular weight excluding hydrogens is 270 g/mol. The molecule has 3 nitrogen and oxygen atoms in total. The van der Waals surface area contributed by atoms with E-state index in [1.807, 2.05) is 31.9 Å². The summed E-state index contributed by atoms with van der Waals surface area (Å²) in [7, 11) is 1.95. The number of rotatable bonds is 4. The van der Waals surface area contributed by atoms with Gasteiger partial charge >= 0.3 is 0 Å². The van der Waals surface area contributed by atoms with Crippen LogP contribution in [-0.2, 0) is 6.54 Å². The number of benzene rings is 1. The van der Waals surface area contributed by atoms with Gasteiger partial charge in [-0.1, -0.05) is 15.9 Å². The van der Waals surface area contributed by atoms with Gasteiger partial charge in [-0.05, 0) is 44.7 Å². The normalized spacial score (nSPS) is 12.1. The Morgan fingerprint density at radius 1 is 1.38 bits per heavy atom. The lowest BCUT2D eigenvalue weighted by molar-refractivity contribution is 0.0732. The highest BCUT2D eigenvalue weighted by Crippen LogP contribution is 2.24. The van der Waals surface area contributed by atoms with Crippen LogP contribution >= 0.6 is 15.9 Å². The minimum absolute atomic E-state index is 0.0972. The molecule has 0 saturated carbocycles. The molecular formula is C12H18BrNO2. The van der Waals surface area contributed by atoms with Crippen molar-refractivity contribution in [3.05, 3.63) is 28.2 Å². The third-order valence-electron chi connectivity index (χ3n) is 2.86. The highest BCUT2D eigenvalue weighted by molar-refractivity contribution is 9.10. The van der Waals surface area contributed by atoms with E-state index >= 15 is 0 Å². The number of phenols is 1. The van der Waals surface area contributed by atoms with Gasteiger partial charge in [-0.25, -0.2) is 0 Å². The van der Waals surface area contributed by atoms with Crippen molar-refractivity contribution in [1.29, 1.82) is 0 Å². The highest BCUT2D eigenvalue weighted by atomic mass is 79.9. The molecule has 0 bridgehead atoms. The minimum Gasteiger partial charge on any atom is -0.508 e. The fourth-order valence-electron chi connectivity index (χ4n) is 1.27. The Balaban J connectivity index is 2.84. The zero-order valence-corrected chi connectivity index (χ0v) is 11.5. The standard InChI is InChI=1S/C12H18BrNO2/c1-12(2,8-15)14(3)7-9-6-10(16)4-5-11(9)13/h4-6,15-16H,7-8H2,1-3H3. The van der Waals surface area contributed by atoms with E-state index in [4.69, 9.17) is 0 Å². The van der Waals surface area contributed by atoms with E-state index in [0.717, 1.165) is 10.0 Å². The quantitative estimate of drug-likeness (QED) is 0.894. The summed E-state index contributed by atoms with van der Waals surface area (Å²) in [6, 6.07) is 5.20. The van der Waals surface area contributed by atoms with Crippen LogP contribution in [0.3, 0.4) is 0 Å². The fraction of sp³-hybridized carbons (Fsp3) is 0.500. The SMILES string of the molecule is CN(Cc1cc(O)ccc1Br)C(C)(C)CO. The molecule has 0 aromatic heterocycles. The van der Waals surface area contributed by atoms with Gasteiger partial charge in [0.05, 0.1) is 6.61 Å². The number of phenolic OH excluding ortho intramolecular Hbond substituents is 1. The van der Waals surface area contributed by atoms with Gasteiger partial charge < -0.3 is 10.2 Å². The number of aliphatic hydroxyl groups is 1. The Morgan fingerprint density at radius 2 is 2.00 bits per heavy atom. The van der Waals surface area contributed by atoms with Crippen LogP contribution in [0.5, 0.6) is 5.75 Å². The molecule has 0 aliphatic carbocycles. The van der Waals surface area contributed by atoms with Crippen LogP contribution in [0.25, 0.3) is 0 Å². The smallest absolute Gasteiger partial charge is 0.115 e. The fourth-order valence-corrected chi connectivity index (χ4v) is 1.64. The van der Waals surface area contributed by atoms with Crippen LogP contribution in [0.4, 0.5) is 0 Å². The summed E-state index contributed by atoms with van der Waals surface area (Å²) >= 11 is 3.45. The second-order valence-electron chi connectivity index (χ2n) is 4.60. The van der Waals surface area contributed by atoms with E-state index in [1.54, 1.807) is 12.1 Å². The Morgan fingerprint density at radius 3 is 2.56 bits per heavy atom. The largest absolute Gasteiger partial charge is 0.508 e. The topological polar surface area (TPSA) is 43.7 Å². The van der Waals surface area contributed by atoms with Gasteiger partial charge in [0.25, 0.3) is 0 Å². The third kappa shape index (κ3) is 3.20. The van der Waals surface area contributed by atoms with E-state index in [9.17, 15) is 10.2 Å². The van der Waals surface area contributed by atoms with Crippen molar-refractivity contribution >= 4 is 15.9 Å². The van der Waals surface area contributed by atoms with Crippen molar-refractivity contribution in [3.8, 4) is 5.75 Å². The summed E-state index contributed by atoms with van der Waals surface area (Å²) < 4.78 is 0.964. The molecule has 0 unspecified atom stereocenters. The summed E-state index contributed by atoms with van der Waals surface area (Å²) in [4.78, 5) is 2.05. The summed E-state index contributed by atoms with van der Waals surface area (Å²) in [5.41, 5.74) is 0.731. The molecule has 0 heterocycles. The predicted molar refractivity (Wildman–Crippen MR) is 68.4 cm³/mol. The summed E-state index contributed by atoms with van der Waals surface area (Å²) in [6.07, 6.45) is 0. The molecule has 1 rings (SSSR count). The lowest BCUT2D eigenvalue weighted by Crippen LogP contribution is -2.43. The van der Waals surface area contributed by atoms with Crippen molar-refractivity contribution in [2.45, 2.75) is 25.9 Å². The molecule has 0 spiro atoms. The molecule has 2 N–H and O–H groups in total.